The Bertz CT molecular complexity index is 399. The average molecular weight is 352 g/mol. The second-order valence-corrected chi connectivity index (χ2v) is 4.99. The Balaban J connectivity index is 0. The van der Waals surface area contributed by atoms with E-state index in [1.165, 1.54) is 5.56 Å². The number of carbonyl (C=O) groups is 1. The molecular weight excluding hydrogens is 325 g/mol. The van der Waals surface area contributed by atoms with Gasteiger partial charge in [-0.2, -0.15) is 0 Å². The molecule has 2 N–H and O–H groups in total. The summed E-state index contributed by atoms with van der Waals surface area (Å²) in [7, 11) is 1.65. The lowest BCUT2D eigenvalue weighted by molar-refractivity contribution is -0.142. The van der Waals surface area contributed by atoms with Crippen LogP contribution in [0.1, 0.15) is 38.2 Å². The minimum absolute atomic E-state index is 0. The van der Waals surface area contributed by atoms with Gasteiger partial charge in [0, 0.05) is 6.54 Å². The van der Waals surface area contributed by atoms with E-state index < -0.39 is 5.97 Å². The van der Waals surface area contributed by atoms with E-state index in [-0.39, 0.29) is 30.7 Å². The Labute approximate surface area is 145 Å². The Morgan fingerprint density at radius 2 is 1.86 bits per heavy atom. The lowest BCUT2D eigenvalue weighted by atomic mass is 9.99. The average Bonchev–Trinajstić information content (AvgIpc) is 2.46. The maximum Gasteiger partial charge on any atom is 0.306 e. The van der Waals surface area contributed by atoms with Crippen molar-refractivity contribution in [3.8, 4) is 5.75 Å². The third-order valence-electron chi connectivity index (χ3n) is 3.41. The highest BCUT2D eigenvalue weighted by molar-refractivity contribution is 5.85. The molecule has 0 heterocycles. The lowest BCUT2D eigenvalue weighted by Gasteiger charge is -2.12. The van der Waals surface area contributed by atoms with Gasteiger partial charge in [0.1, 0.15) is 5.75 Å². The van der Waals surface area contributed by atoms with Gasteiger partial charge in [0.2, 0.25) is 0 Å². The molecule has 4 nitrogen and oxygen atoms in total. The fraction of sp³-hybridized carbons (Fsp3) is 0.562. The first-order valence-electron chi connectivity index (χ1n) is 7.23. The van der Waals surface area contributed by atoms with Gasteiger partial charge < -0.3 is 15.2 Å². The molecule has 1 aromatic rings. The quantitative estimate of drug-likeness (QED) is 0.627. The van der Waals surface area contributed by atoms with E-state index in [0.717, 1.165) is 38.1 Å². The molecule has 1 aromatic carbocycles. The van der Waals surface area contributed by atoms with Crippen molar-refractivity contribution in [1.82, 2.24) is 5.32 Å². The van der Waals surface area contributed by atoms with Crippen LogP contribution in [0.25, 0.3) is 0 Å². The van der Waals surface area contributed by atoms with Crippen molar-refractivity contribution in [1.29, 1.82) is 0 Å². The number of carboxylic acids is 1. The van der Waals surface area contributed by atoms with Crippen LogP contribution >= 0.6 is 24.8 Å². The predicted octanol–water partition coefficient (Wildman–Crippen LogP) is 3.91. The van der Waals surface area contributed by atoms with Gasteiger partial charge in [0.15, 0.2) is 0 Å². The zero-order valence-electron chi connectivity index (χ0n) is 13.2. The second kappa shape index (κ2) is 13.7. The monoisotopic (exact) mass is 351 g/mol. The van der Waals surface area contributed by atoms with Gasteiger partial charge in [0.05, 0.1) is 13.0 Å². The van der Waals surface area contributed by atoms with Crippen molar-refractivity contribution < 1.29 is 14.6 Å². The molecule has 1 unspecified atom stereocenters. The number of rotatable bonds is 10. The van der Waals surface area contributed by atoms with Crippen LogP contribution in [-0.4, -0.2) is 24.7 Å². The number of unbranched alkanes of at least 4 members (excludes halogenated alkanes) is 1. The van der Waals surface area contributed by atoms with Crippen LogP contribution in [0.2, 0.25) is 0 Å². The number of ether oxygens (including phenoxy) is 1. The van der Waals surface area contributed by atoms with E-state index in [2.05, 4.69) is 12.2 Å². The molecule has 6 heteroatoms. The number of benzene rings is 1. The maximum atomic E-state index is 11.1. The van der Waals surface area contributed by atoms with Crippen molar-refractivity contribution >= 4 is 30.8 Å². The standard InChI is InChI=1S/C16H25NO3.2ClH/c1-3-4-5-14(16(18)19)10-11-17-12-13-6-8-15(20-2)9-7-13;;/h6-9,14,17H,3-5,10-12H2,1-2H3,(H,18,19);2*1H. The number of hydrogen-bond donors (Lipinski definition) is 2. The molecule has 0 bridgehead atoms. The molecule has 0 spiro atoms. The summed E-state index contributed by atoms with van der Waals surface area (Å²) in [6.45, 7) is 3.57. The van der Waals surface area contributed by atoms with E-state index in [9.17, 15) is 4.79 Å². The summed E-state index contributed by atoms with van der Waals surface area (Å²) in [6.07, 6.45) is 3.49. The van der Waals surface area contributed by atoms with Crippen molar-refractivity contribution in [2.45, 2.75) is 39.2 Å². The van der Waals surface area contributed by atoms with Gasteiger partial charge in [-0.15, -0.1) is 24.8 Å². The largest absolute Gasteiger partial charge is 0.497 e. The number of methoxy groups -OCH3 is 1. The molecule has 0 aromatic heterocycles. The van der Waals surface area contributed by atoms with Gasteiger partial charge in [-0.25, -0.2) is 0 Å². The van der Waals surface area contributed by atoms with Crippen LogP contribution < -0.4 is 10.1 Å². The highest BCUT2D eigenvalue weighted by Crippen LogP contribution is 2.13. The highest BCUT2D eigenvalue weighted by Gasteiger charge is 2.15. The molecule has 1 rings (SSSR count). The molecule has 0 aliphatic heterocycles. The third kappa shape index (κ3) is 9.13. The SMILES string of the molecule is CCCCC(CCNCc1ccc(OC)cc1)C(=O)O.Cl.Cl. The Morgan fingerprint density at radius 3 is 2.36 bits per heavy atom. The molecule has 1 atom stereocenters. The minimum Gasteiger partial charge on any atom is -0.497 e. The fourth-order valence-corrected chi connectivity index (χ4v) is 2.09. The van der Waals surface area contributed by atoms with Crippen molar-refractivity contribution in [3.63, 3.8) is 0 Å². The van der Waals surface area contributed by atoms with Crippen molar-refractivity contribution in [2.24, 2.45) is 5.92 Å². The van der Waals surface area contributed by atoms with Gasteiger partial charge in [-0.05, 0) is 37.1 Å². The summed E-state index contributed by atoms with van der Waals surface area (Å²) in [5.74, 6) is -0.0535. The Kier molecular flexibility index (Phi) is 14.5. The van der Waals surface area contributed by atoms with Crippen molar-refractivity contribution in [2.75, 3.05) is 13.7 Å². The molecule has 0 aliphatic carbocycles. The summed E-state index contributed by atoms with van der Waals surface area (Å²) in [6, 6.07) is 7.88. The molecule has 0 radical (unpaired) electrons. The normalized spacial score (nSPS) is 11.0. The molecule has 0 amide bonds. The summed E-state index contributed by atoms with van der Waals surface area (Å²) in [5, 5.41) is 12.4. The maximum absolute atomic E-state index is 11.1. The van der Waals surface area contributed by atoms with Gasteiger partial charge in [-0.1, -0.05) is 31.9 Å². The zero-order valence-corrected chi connectivity index (χ0v) is 14.8. The van der Waals surface area contributed by atoms with Gasteiger partial charge >= 0.3 is 5.97 Å². The van der Waals surface area contributed by atoms with E-state index in [4.69, 9.17) is 9.84 Å². The second-order valence-electron chi connectivity index (χ2n) is 4.99. The molecule has 0 aliphatic rings. The summed E-state index contributed by atoms with van der Waals surface area (Å²) >= 11 is 0. The summed E-state index contributed by atoms with van der Waals surface area (Å²) in [4.78, 5) is 11.1. The van der Waals surface area contributed by atoms with E-state index in [1.54, 1.807) is 7.11 Å². The van der Waals surface area contributed by atoms with E-state index in [0.29, 0.717) is 6.42 Å². The molecule has 0 saturated heterocycles. The topological polar surface area (TPSA) is 58.6 Å². The van der Waals surface area contributed by atoms with Crippen LogP contribution in [0.3, 0.4) is 0 Å². The molecule has 0 fully saturated rings. The first-order valence-corrected chi connectivity index (χ1v) is 7.23. The predicted molar refractivity (Wildman–Crippen MR) is 94.5 cm³/mol. The van der Waals surface area contributed by atoms with Crippen molar-refractivity contribution in [3.05, 3.63) is 29.8 Å². The number of hydrogen-bond acceptors (Lipinski definition) is 3. The molecular formula is C16H27Cl2NO3. The van der Waals surface area contributed by atoms with Crippen LogP contribution in [0, 0.1) is 5.92 Å². The van der Waals surface area contributed by atoms with Crippen LogP contribution in [0.15, 0.2) is 24.3 Å². The van der Waals surface area contributed by atoms with Crippen LogP contribution in [0.4, 0.5) is 0 Å². The third-order valence-corrected chi connectivity index (χ3v) is 3.41. The van der Waals surface area contributed by atoms with Crippen LogP contribution in [0.5, 0.6) is 5.75 Å². The Morgan fingerprint density at radius 1 is 1.23 bits per heavy atom. The summed E-state index contributed by atoms with van der Waals surface area (Å²) < 4.78 is 5.10. The first kappa shape index (κ1) is 23.3. The highest BCUT2D eigenvalue weighted by atomic mass is 35.5. The van der Waals surface area contributed by atoms with Gasteiger partial charge in [-0.3, -0.25) is 4.79 Å². The molecule has 128 valence electrons. The van der Waals surface area contributed by atoms with E-state index in [1.807, 2.05) is 24.3 Å². The van der Waals surface area contributed by atoms with E-state index >= 15 is 0 Å². The fourth-order valence-electron chi connectivity index (χ4n) is 2.09. The molecule has 22 heavy (non-hydrogen) atoms. The number of halogens is 2. The number of carboxylic acid groups (broad SMARTS) is 1. The Hall–Kier alpha value is -0.970. The van der Waals surface area contributed by atoms with Crippen LogP contribution in [-0.2, 0) is 11.3 Å². The smallest absolute Gasteiger partial charge is 0.306 e. The number of aliphatic carboxylic acids is 1. The summed E-state index contributed by atoms with van der Waals surface area (Å²) in [5.41, 5.74) is 1.17. The first-order chi connectivity index (χ1) is 9.67. The molecule has 0 saturated carbocycles. The zero-order chi connectivity index (χ0) is 14.8. The lowest BCUT2D eigenvalue weighted by Crippen LogP contribution is -2.22. The number of nitrogens with one attached hydrogen (secondary N) is 1. The minimum atomic E-state index is -0.676. The van der Waals surface area contributed by atoms with Gasteiger partial charge in [0.25, 0.3) is 0 Å².